The lowest BCUT2D eigenvalue weighted by atomic mass is 10.3. The molecule has 1 unspecified atom stereocenters. The molecule has 108 valence electrons. The molecule has 0 spiro atoms. The van der Waals surface area contributed by atoms with Gasteiger partial charge in [0.25, 0.3) is 10.1 Å². The van der Waals surface area contributed by atoms with E-state index in [2.05, 4.69) is 9.17 Å². The van der Waals surface area contributed by atoms with Crippen molar-refractivity contribution in [2.75, 3.05) is 12.9 Å². The van der Waals surface area contributed by atoms with Crippen molar-refractivity contribution in [1.29, 1.82) is 0 Å². The maximum Gasteiger partial charge on any atom is 0.433 e. The molecule has 1 aromatic rings. The topological polar surface area (TPSA) is 65.5 Å². The van der Waals surface area contributed by atoms with Gasteiger partial charge in [0.1, 0.15) is 24.2 Å². The van der Waals surface area contributed by atoms with Crippen LogP contribution in [0.1, 0.15) is 12.6 Å². The number of hydrogen-bond acceptors (Lipinski definition) is 5. The van der Waals surface area contributed by atoms with E-state index in [1.165, 1.54) is 6.92 Å². The Morgan fingerprint density at radius 2 is 2.00 bits per heavy atom. The molecule has 1 heterocycles. The highest BCUT2D eigenvalue weighted by atomic mass is 32.2. The van der Waals surface area contributed by atoms with Gasteiger partial charge in [-0.05, 0) is 19.1 Å². The number of alkyl halides is 3. The predicted molar refractivity (Wildman–Crippen MR) is 60.1 cm³/mol. The number of pyridine rings is 1. The Morgan fingerprint density at radius 3 is 2.42 bits per heavy atom. The zero-order valence-electron chi connectivity index (χ0n) is 10.1. The molecule has 1 aromatic heterocycles. The van der Waals surface area contributed by atoms with Gasteiger partial charge in [0.15, 0.2) is 0 Å². The molecule has 1 rings (SSSR count). The minimum Gasteiger partial charge on any atom is -0.487 e. The van der Waals surface area contributed by atoms with Crippen LogP contribution in [0.4, 0.5) is 13.2 Å². The summed E-state index contributed by atoms with van der Waals surface area (Å²) in [6.45, 7) is 1.28. The summed E-state index contributed by atoms with van der Waals surface area (Å²) in [5.74, 6) is 0.0950. The van der Waals surface area contributed by atoms with Gasteiger partial charge in [0.2, 0.25) is 0 Å². The zero-order valence-corrected chi connectivity index (χ0v) is 11.0. The molecule has 0 aliphatic heterocycles. The van der Waals surface area contributed by atoms with E-state index in [1.54, 1.807) is 0 Å². The Bertz CT molecular complexity index is 513. The highest BCUT2D eigenvalue weighted by Gasteiger charge is 2.32. The molecule has 5 nitrogen and oxygen atoms in total. The summed E-state index contributed by atoms with van der Waals surface area (Å²) in [5, 5.41) is 0. The van der Waals surface area contributed by atoms with E-state index in [0.29, 0.717) is 0 Å². The minimum absolute atomic E-state index is 0.0950. The molecule has 19 heavy (non-hydrogen) atoms. The lowest BCUT2D eigenvalue weighted by Crippen LogP contribution is -2.21. The summed E-state index contributed by atoms with van der Waals surface area (Å²) in [7, 11) is -3.58. The van der Waals surface area contributed by atoms with E-state index in [-0.39, 0.29) is 12.4 Å². The minimum atomic E-state index is -4.51. The lowest BCUT2D eigenvalue weighted by Gasteiger charge is -2.14. The monoisotopic (exact) mass is 299 g/mol. The Morgan fingerprint density at radius 1 is 1.37 bits per heavy atom. The average Bonchev–Trinajstić information content (AvgIpc) is 2.25. The first-order chi connectivity index (χ1) is 8.58. The first-order valence-electron chi connectivity index (χ1n) is 5.12. The van der Waals surface area contributed by atoms with Crippen LogP contribution in [0.3, 0.4) is 0 Å². The van der Waals surface area contributed by atoms with Crippen molar-refractivity contribution in [1.82, 2.24) is 4.98 Å². The molecule has 0 bridgehead atoms. The second-order valence-corrected chi connectivity index (χ2v) is 5.44. The first kappa shape index (κ1) is 15.7. The number of aromatic nitrogens is 1. The molecule has 1 atom stereocenters. The molecule has 9 heteroatoms. The summed E-state index contributed by atoms with van der Waals surface area (Å²) < 4.78 is 67.8. The predicted octanol–water partition coefficient (Wildman–Crippen LogP) is 1.84. The van der Waals surface area contributed by atoms with Crippen LogP contribution in [0.25, 0.3) is 0 Å². The van der Waals surface area contributed by atoms with Gasteiger partial charge in [0, 0.05) is 0 Å². The fraction of sp³-hybridized carbons (Fsp3) is 0.500. The van der Waals surface area contributed by atoms with Crippen molar-refractivity contribution in [3.8, 4) is 5.75 Å². The van der Waals surface area contributed by atoms with Crippen LogP contribution in [0.2, 0.25) is 0 Å². The number of rotatable bonds is 5. The Hall–Kier alpha value is -1.35. The van der Waals surface area contributed by atoms with E-state index < -0.39 is 28.1 Å². The molecule has 0 saturated heterocycles. The van der Waals surface area contributed by atoms with Crippen molar-refractivity contribution in [3.05, 3.63) is 24.0 Å². The molecule has 0 aliphatic carbocycles. The fourth-order valence-corrected chi connectivity index (χ4v) is 1.54. The van der Waals surface area contributed by atoms with Crippen molar-refractivity contribution >= 4 is 10.1 Å². The summed E-state index contributed by atoms with van der Waals surface area (Å²) in [5.41, 5.74) is -1.03. The van der Waals surface area contributed by atoms with Crippen LogP contribution >= 0.6 is 0 Å². The van der Waals surface area contributed by atoms with E-state index in [0.717, 1.165) is 24.6 Å². The molecule has 0 aromatic carbocycles. The Labute approximate surface area is 108 Å². The van der Waals surface area contributed by atoms with E-state index in [1.807, 2.05) is 0 Å². The number of hydrogen-bond donors (Lipinski definition) is 0. The third-order valence-electron chi connectivity index (χ3n) is 1.88. The van der Waals surface area contributed by atoms with Gasteiger partial charge in [-0.1, -0.05) is 0 Å². The quantitative estimate of drug-likeness (QED) is 0.776. The largest absolute Gasteiger partial charge is 0.487 e. The Kier molecular flexibility index (Phi) is 4.75. The molecule has 0 saturated carbocycles. The van der Waals surface area contributed by atoms with Crippen molar-refractivity contribution < 1.29 is 30.5 Å². The van der Waals surface area contributed by atoms with Crippen LogP contribution in [-0.2, 0) is 20.5 Å². The number of nitrogens with zero attached hydrogens (tertiary/aromatic N) is 1. The normalized spacial score (nSPS) is 14.2. The second kappa shape index (κ2) is 5.74. The number of halogens is 3. The molecule has 0 aliphatic rings. The van der Waals surface area contributed by atoms with E-state index in [9.17, 15) is 21.6 Å². The smallest absolute Gasteiger partial charge is 0.433 e. The molecule has 0 fully saturated rings. The highest BCUT2D eigenvalue weighted by Crippen LogP contribution is 2.28. The maximum atomic E-state index is 12.2. The van der Waals surface area contributed by atoms with Gasteiger partial charge in [-0.2, -0.15) is 21.6 Å². The molecule has 0 N–H and O–H groups in total. The molecular weight excluding hydrogens is 287 g/mol. The van der Waals surface area contributed by atoms with Crippen LogP contribution in [0.15, 0.2) is 18.3 Å². The van der Waals surface area contributed by atoms with E-state index in [4.69, 9.17) is 4.74 Å². The van der Waals surface area contributed by atoms with Crippen LogP contribution < -0.4 is 4.74 Å². The third kappa shape index (κ3) is 5.88. The molecule has 0 radical (unpaired) electrons. The van der Waals surface area contributed by atoms with Crippen molar-refractivity contribution in [3.63, 3.8) is 0 Å². The van der Waals surface area contributed by atoms with Crippen molar-refractivity contribution in [2.45, 2.75) is 19.2 Å². The van der Waals surface area contributed by atoms with Gasteiger partial charge in [-0.3, -0.25) is 4.18 Å². The lowest BCUT2D eigenvalue weighted by molar-refractivity contribution is -0.141. The SMILES string of the molecule is CC(COS(C)(=O)=O)Oc1ccc(C(F)(F)F)nc1. The van der Waals surface area contributed by atoms with E-state index >= 15 is 0 Å². The highest BCUT2D eigenvalue weighted by molar-refractivity contribution is 7.85. The standard InChI is InChI=1S/C10H12F3NO4S/c1-7(6-17-19(2,15)16)18-8-3-4-9(14-5-8)10(11,12)13/h3-5,7H,6H2,1-2H3. The van der Waals surface area contributed by atoms with Gasteiger partial charge in [0.05, 0.1) is 12.5 Å². The van der Waals surface area contributed by atoms with Crippen LogP contribution in [0, 0.1) is 0 Å². The van der Waals surface area contributed by atoms with Gasteiger partial charge < -0.3 is 4.74 Å². The van der Waals surface area contributed by atoms with Gasteiger partial charge in [-0.25, -0.2) is 4.98 Å². The summed E-state index contributed by atoms with van der Waals surface area (Å²) in [4.78, 5) is 3.20. The second-order valence-electron chi connectivity index (χ2n) is 3.79. The summed E-state index contributed by atoms with van der Waals surface area (Å²) in [6, 6.07) is 1.88. The molecule has 0 amide bonds. The Balaban J connectivity index is 2.58. The van der Waals surface area contributed by atoms with Crippen LogP contribution in [-0.4, -0.2) is 32.4 Å². The van der Waals surface area contributed by atoms with Crippen LogP contribution in [0.5, 0.6) is 5.75 Å². The van der Waals surface area contributed by atoms with Gasteiger partial charge >= 0.3 is 6.18 Å². The first-order valence-corrected chi connectivity index (χ1v) is 6.94. The molecular formula is C10H12F3NO4S. The zero-order chi connectivity index (χ0) is 14.7. The summed E-state index contributed by atoms with van der Waals surface area (Å²) >= 11 is 0. The van der Waals surface area contributed by atoms with Crippen molar-refractivity contribution in [2.24, 2.45) is 0 Å². The average molecular weight is 299 g/mol. The maximum absolute atomic E-state index is 12.2. The summed E-state index contributed by atoms with van der Waals surface area (Å²) in [6.07, 6.45) is -3.35. The third-order valence-corrected chi connectivity index (χ3v) is 2.45. The number of ether oxygens (including phenoxy) is 1. The van der Waals surface area contributed by atoms with Gasteiger partial charge in [-0.15, -0.1) is 0 Å². The fourth-order valence-electron chi connectivity index (χ4n) is 1.10.